The van der Waals surface area contributed by atoms with Crippen molar-refractivity contribution < 1.29 is 18.8 Å². The number of benzene rings is 1. The van der Waals surface area contributed by atoms with Gasteiger partial charge in [0.2, 0.25) is 12.3 Å². The first-order chi connectivity index (χ1) is 9.29. The van der Waals surface area contributed by atoms with Crippen molar-refractivity contribution in [2.24, 2.45) is 0 Å². The fourth-order valence-electron chi connectivity index (χ4n) is 1.66. The Morgan fingerprint density at radius 3 is 2.42 bits per heavy atom. The van der Waals surface area contributed by atoms with E-state index in [-0.39, 0.29) is 12.6 Å². The minimum absolute atomic E-state index is 0.0643. The molecule has 0 saturated heterocycles. The summed E-state index contributed by atoms with van der Waals surface area (Å²) in [6.45, 7) is 0.534. The lowest BCUT2D eigenvalue weighted by Crippen LogP contribution is -2.36. The molecule has 2 rings (SSSR count). The van der Waals surface area contributed by atoms with Crippen molar-refractivity contribution in [3.05, 3.63) is 60.4 Å². The van der Waals surface area contributed by atoms with Gasteiger partial charge in [0.05, 0.1) is 0 Å². The van der Waals surface area contributed by atoms with Gasteiger partial charge in [0.15, 0.2) is 19.2 Å². The summed E-state index contributed by atoms with van der Waals surface area (Å²) >= 11 is 0. The third-order valence-corrected chi connectivity index (χ3v) is 2.62. The first-order valence-electron chi connectivity index (χ1n) is 5.98. The normalized spacial score (nSPS) is 10.2. The average molecular weight is 258 g/mol. The first kappa shape index (κ1) is 13.2. The van der Waals surface area contributed by atoms with E-state index in [9.17, 15) is 4.79 Å². The number of rotatable bonds is 6. The van der Waals surface area contributed by atoms with Crippen LogP contribution < -0.4 is 9.30 Å². The maximum absolute atomic E-state index is 12.1. The van der Waals surface area contributed by atoms with Crippen molar-refractivity contribution >= 4 is 5.78 Å². The maximum atomic E-state index is 12.1. The van der Waals surface area contributed by atoms with Gasteiger partial charge in [0.1, 0.15) is 5.75 Å². The minimum Gasteiger partial charge on any atom is -0.468 e. The number of carbonyl (C=O) groups excluding carboxylic acids is 1. The number of ketones is 1. The second-order valence-corrected chi connectivity index (χ2v) is 4.05. The zero-order valence-corrected chi connectivity index (χ0v) is 10.8. The molecule has 0 spiro atoms. The summed E-state index contributed by atoms with van der Waals surface area (Å²) in [5.41, 5.74) is 0.668. The van der Waals surface area contributed by atoms with Gasteiger partial charge in [-0.15, -0.1) is 0 Å². The van der Waals surface area contributed by atoms with Gasteiger partial charge < -0.3 is 9.47 Å². The van der Waals surface area contributed by atoms with Gasteiger partial charge in [-0.3, -0.25) is 4.79 Å². The summed E-state index contributed by atoms with van der Waals surface area (Å²) < 4.78 is 11.9. The van der Waals surface area contributed by atoms with E-state index < -0.39 is 0 Å². The highest BCUT2D eigenvalue weighted by molar-refractivity contribution is 5.95. The summed E-state index contributed by atoms with van der Waals surface area (Å²) in [5, 5.41) is 0. The largest absolute Gasteiger partial charge is 0.468 e. The van der Waals surface area contributed by atoms with Crippen LogP contribution >= 0.6 is 0 Å². The lowest BCUT2D eigenvalue weighted by atomic mass is 10.1. The Morgan fingerprint density at radius 2 is 1.79 bits per heavy atom. The van der Waals surface area contributed by atoms with Crippen molar-refractivity contribution in [3.63, 3.8) is 0 Å². The standard InChI is InChI=1S/C15H16NO3/c1-18-12-19-14-7-5-13(6-8-14)15(17)11-16-9-3-2-4-10-16/h2-10H,11-12H2,1H3/q+1. The van der Waals surface area contributed by atoms with Crippen LogP contribution in [0.1, 0.15) is 10.4 Å². The number of Topliss-reactive ketones (excluding diaryl/α,β-unsaturated/α-hetero) is 1. The Balaban J connectivity index is 1.99. The summed E-state index contributed by atoms with van der Waals surface area (Å²) in [6.07, 6.45) is 3.74. The topological polar surface area (TPSA) is 39.4 Å². The van der Waals surface area contributed by atoms with E-state index >= 15 is 0 Å². The third-order valence-electron chi connectivity index (χ3n) is 2.62. The zero-order valence-electron chi connectivity index (χ0n) is 10.8. The highest BCUT2D eigenvalue weighted by Crippen LogP contribution is 2.12. The second kappa shape index (κ2) is 6.66. The number of carbonyl (C=O) groups is 1. The minimum atomic E-state index is 0.0643. The molecular weight excluding hydrogens is 242 g/mol. The van der Waals surface area contributed by atoms with E-state index in [2.05, 4.69) is 0 Å². The molecule has 98 valence electrons. The number of pyridine rings is 1. The molecule has 0 saturated carbocycles. The van der Waals surface area contributed by atoms with Crippen LogP contribution in [0.4, 0.5) is 0 Å². The third kappa shape index (κ3) is 3.89. The van der Waals surface area contributed by atoms with E-state index in [0.29, 0.717) is 17.9 Å². The van der Waals surface area contributed by atoms with Gasteiger partial charge in [-0.05, 0) is 24.3 Å². The summed E-state index contributed by atoms with van der Waals surface area (Å²) in [5.74, 6) is 0.750. The number of aromatic nitrogens is 1. The van der Waals surface area contributed by atoms with E-state index in [1.54, 1.807) is 31.4 Å². The van der Waals surface area contributed by atoms with E-state index in [1.807, 2.05) is 35.2 Å². The molecular formula is C15H16NO3+. The predicted molar refractivity (Wildman–Crippen MR) is 69.9 cm³/mol. The number of nitrogens with zero attached hydrogens (tertiary/aromatic N) is 1. The predicted octanol–water partition coefficient (Wildman–Crippen LogP) is 1.84. The number of hydrogen-bond acceptors (Lipinski definition) is 3. The van der Waals surface area contributed by atoms with Crippen LogP contribution in [-0.2, 0) is 11.3 Å². The van der Waals surface area contributed by atoms with Gasteiger partial charge in [0.25, 0.3) is 0 Å². The van der Waals surface area contributed by atoms with Gasteiger partial charge in [-0.1, -0.05) is 6.07 Å². The van der Waals surface area contributed by atoms with Gasteiger partial charge in [0, 0.05) is 24.8 Å². The van der Waals surface area contributed by atoms with Crippen LogP contribution in [0.5, 0.6) is 5.75 Å². The van der Waals surface area contributed by atoms with Crippen LogP contribution in [0.3, 0.4) is 0 Å². The van der Waals surface area contributed by atoms with Crippen LogP contribution in [-0.4, -0.2) is 19.7 Å². The summed E-state index contributed by atoms with van der Waals surface area (Å²) in [6, 6.07) is 12.8. The average Bonchev–Trinajstić information content (AvgIpc) is 2.46. The lowest BCUT2D eigenvalue weighted by molar-refractivity contribution is -0.683. The second-order valence-electron chi connectivity index (χ2n) is 4.05. The van der Waals surface area contributed by atoms with E-state index in [4.69, 9.17) is 9.47 Å². The highest BCUT2D eigenvalue weighted by Gasteiger charge is 2.11. The molecule has 19 heavy (non-hydrogen) atoms. The van der Waals surface area contributed by atoms with Crippen LogP contribution in [0.25, 0.3) is 0 Å². The molecule has 1 aromatic carbocycles. The van der Waals surface area contributed by atoms with Crippen molar-refractivity contribution in [2.45, 2.75) is 6.54 Å². The Hall–Kier alpha value is -2.20. The number of methoxy groups -OCH3 is 1. The molecule has 0 fully saturated rings. The molecule has 4 heteroatoms. The molecule has 0 bridgehead atoms. The van der Waals surface area contributed by atoms with Crippen molar-refractivity contribution in [1.29, 1.82) is 0 Å². The Kier molecular flexibility index (Phi) is 4.64. The molecule has 0 amide bonds. The van der Waals surface area contributed by atoms with Gasteiger partial charge in [-0.2, -0.15) is 4.57 Å². The van der Waals surface area contributed by atoms with Gasteiger partial charge >= 0.3 is 0 Å². The van der Waals surface area contributed by atoms with E-state index in [1.165, 1.54) is 0 Å². The van der Waals surface area contributed by atoms with Crippen molar-refractivity contribution in [3.8, 4) is 5.75 Å². The van der Waals surface area contributed by atoms with E-state index in [0.717, 1.165) is 0 Å². The number of hydrogen-bond donors (Lipinski definition) is 0. The highest BCUT2D eigenvalue weighted by atomic mass is 16.7. The molecule has 0 aliphatic carbocycles. The first-order valence-corrected chi connectivity index (χ1v) is 5.98. The van der Waals surface area contributed by atoms with Crippen molar-refractivity contribution in [1.82, 2.24) is 0 Å². The van der Waals surface area contributed by atoms with Crippen LogP contribution in [0.2, 0.25) is 0 Å². The molecule has 1 heterocycles. The molecule has 0 radical (unpaired) electrons. The molecule has 4 nitrogen and oxygen atoms in total. The fourth-order valence-corrected chi connectivity index (χ4v) is 1.66. The Bertz CT molecular complexity index is 523. The Morgan fingerprint density at radius 1 is 1.11 bits per heavy atom. The molecule has 1 aromatic heterocycles. The molecule has 0 aliphatic heterocycles. The lowest BCUT2D eigenvalue weighted by Gasteiger charge is -2.04. The zero-order chi connectivity index (χ0) is 13.5. The molecule has 0 unspecified atom stereocenters. The molecule has 0 aliphatic rings. The summed E-state index contributed by atoms with van der Waals surface area (Å²) in [7, 11) is 1.56. The van der Waals surface area contributed by atoms with Crippen LogP contribution in [0.15, 0.2) is 54.9 Å². The van der Waals surface area contributed by atoms with Crippen LogP contribution in [0, 0.1) is 0 Å². The smallest absolute Gasteiger partial charge is 0.227 e. The fraction of sp³-hybridized carbons (Fsp3) is 0.200. The SMILES string of the molecule is COCOc1ccc(C(=O)C[n+]2ccccc2)cc1. The molecule has 0 N–H and O–H groups in total. The van der Waals surface area contributed by atoms with Crippen molar-refractivity contribution in [2.75, 3.05) is 13.9 Å². The monoisotopic (exact) mass is 258 g/mol. The molecule has 2 aromatic rings. The maximum Gasteiger partial charge on any atom is 0.227 e. The number of ether oxygens (including phenoxy) is 2. The quantitative estimate of drug-likeness (QED) is 0.451. The van der Waals surface area contributed by atoms with Gasteiger partial charge in [-0.25, -0.2) is 0 Å². The summed E-state index contributed by atoms with van der Waals surface area (Å²) in [4.78, 5) is 12.1. The Labute approximate surface area is 112 Å². The molecule has 0 atom stereocenters.